The van der Waals surface area contributed by atoms with Gasteiger partial charge >= 0.3 is 84.8 Å². The van der Waals surface area contributed by atoms with Crippen molar-refractivity contribution in [2.75, 3.05) is 26.4 Å². The lowest BCUT2D eigenvalue weighted by molar-refractivity contribution is -0.316. The average molecular weight is 2160 g/mol. The normalized spacial score (nSPS) is 18.7. The first-order valence-corrected chi connectivity index (χ1v) is 51.2. The largest absolute Gasteiger partial charge is 0.461 e. The summed E-state index contributed by atoms with van der Waals surface area (Å²) in [7, 11) is 0. The lowest BCUT2D eigenvalue weighted by Crippen LogP contribution is -2.51. The molecule has 1 saturated heterocycles. The van der Waals surface area contributed by atoms with Gasteiger partial charge in [0.1, 0.15) is 11.5 Å². The molecule has 3 aromatic rings. The van der Waals surface area contributed by atoms with Crippen molar-refractivity contribution in [2.45, 2.75) is 472 Å². The van der Waals surface area contributed by atoms with E-state index in [1.807, 2.05) is 48.5 Å². The van der Waals surface area contributed by atoms with Crippen molar-refractivity contribution in [3.63, 3.8) is 0 Å². The van der Waals surface area contributed by atoms with Gasteiger partial charge in [0.2, 0.25) is 6.29 Å². The Morgan fingerprint density at radius 3 is 0.960 bits per heavy atom. The van der Waals surface area contributed by atoms with Crippen LogP contribution in [0.1, 0.15) is 415 Å². The van der Waals surface area contributed by atoms with Crippen LogP contribution in [0, 0.1) is 50.2 Å². The van der Waals surface area contributed by atoms with Gasteiger partial charge in [-0.15, -0.1) is 0 Å². The van der Waals surface area contributed by atoms with Crippen molar-refractivity contribution in [3.8, 4) is 0 Å². The summed E-state index contributed by atoms with van der Waals surface area (Å²) in [6.45, 7) is 75.9. The molecule has 3 aliphatic carbocycles. The predicted molar refractivity (Wildman–Crippen MR) is 536 cm³/mol. The molecule has 37 heteroatoms. The number of fused-ring (bicyclic) bond motifs is 1. The fourth-order valence-electron chi connectivity index (χ4n) is 14.5. The number of esters is 8. The second-order valence-corrected chi connectivity index (χ2v) is 47.2. The van der Waals surface area contributed by atoms with E-state index in [1.165, 1.54) is 91.5 Å². The Hall–Kier alpha value is -8.25. The van der Waals surface area contributed by atoms with Gasteiger partial charge < -0.3 is 47.4 Å². The highest BCUT2D eigenvalue weighted by atomic mass is 19.4. The summed E-state index contributed by atoms with van der Waals surface area (Å²) >= 11 is 0. The van der Waals surface area contributed by atoms with E-state index in [1.54, 1.807) is 41.5 Å². The second kappa shape index (κ2) is 56.2. The van der Waals surface area contributed by atoms with Crippen LogP contribution in [-0.2, 0) is 118 Å². The Kier molecular flexibility index (Phi) is 53.1. The first-order chi connectivity index (χ1) is 67.0. The van der Waals surface area contributed by atoms with E-state index in [0.717, 1.165) is 32.1 Å². The quantitative estimate of drug-likeness (QED) is 0.0206. The van der Waals surface area contributed by atoms with Gasteiger partial charge in [-0.1, -0.05) is 241 Å². The number of ether oxygens (including phenoxy) is 10. The van der Waals surface area contributed by atoms with Crippen LogP contribution in [0.5, 0.6) is 0 Å². The van der Waals surface area contributed by atoms with Crippen LogP contribution in [0.25, 0.3) is 0 Å². The van der Waals surface area contributed by atoms with Crippen LogP contribution in [0.15, 0.2) is 60.7 Å². The molecule has 3 aromatic carbocycles. The number of alkyl halides is 18. The maximum Gasteiger partial charge on any atom is 0.434 e. The van der Waals surface area contributed by atoms with E-state index in [2.05, 4.69) is 230 Å². The highest BCUT2D eigenvalue weighted by Gasteiger charge is 2.74. The minimum Gasteiger partial charge on any atom is -0.461 e. The number of halogens is 18. The maximum atomic E-state index is 12.8. The maximum absolute atomic E-state index is 12.8. The molecule has 0 amide bonds. The molecule has 2 bridgehead atoms. The molecule has 860 valence electrons. The predicted octanol–water partition coefficient (Wildman–Crippen LogP) is 30.9. The summed E-state index contributed by atoms with van der Waals surface area (Å²) in [6.07, 6.45) is -40.2. The molecule has 149 heavy (non-hydrogen) atoms. The number of ketones is 1. The summed E-state index contributed by atoms with van der Waals surface area (Å²) in [4.78, 5) is 105. The molecule has 4 fully saturated rings. The molecular weight excluding hydrogens is 1990 g/mol. The zero-order chi connectivity index (χ0) is 117. The van der Waals surface area contributed by atoms with E-state index >= 15 is 0 Å². The second-order valence-electron chi connectivity index (χ2n) is 47.2. The number of hydrogen-bond acceptors (Lipinski definition) is 19. The lowest BCUT2D eigenvalue weighted by Gasteiger charge is -2.36. The molecule has 1 heterocycles. The van der Waals surface area contributed by atoms with Crippen molar-refractivity contribution in [1.82, 2.24) is 0 Å². The van der Waals surface area contributed by atoms with Gasteiger partial charge in [-0.2, -0.15) is 79.0 Å². The van der Waals surface area contributed by atoms with Gasteiger partial charge in [0.15, 0.2) is 25.3 Å². The third-order valence-corrected chi connectivity index (χ3v) is 27.8. The molecule has 0 spiro atoms. The van der Waals surface area contributed by atoms with E-state index in [9.17, 15) is 122 Å². The van der Waals surface area contributed by atoms with Crippen molar-refractivity contribution < 1.29 is 170 Å². The minimum absolute atomic E-state index is 0.146. The topological polar surface area (TPSA) is 246 Å². The first kappa shape index (κ1) is 141. The van der Waals surface area contributed by atoms with Crippen molar-refractivity contribution in [1.29, 1.82) is 0 Å². The van der Waals surface area contributed by atoms with Crippen molar-refractivity contribution >= 4 is 53.5 Å². The van der Waals surface area contributed by atoms with Gasteiger partial charge in [0.25, 0.3) is 18.3 Å². The third-order valence-electron chi connectivity index (χ3n) is 27.8. The van der Waals surface area contributed by atoms with E-state index < -0.39 is 167 Å². The number of rotatable bonds is 29. The molecule has 4 aliphatic rings. The number of Topliss-reactive ketones (excluding diaryl/α,β-unsaturated/α-hetero) is 1. The lowest BCUT2D eigenvalue weighted by atomic mass is 9.73. The molecule has 7 rings (SSSR count). The smallest absolute Gasteiger partial charge is 0.434 e. The standard InChI is InChI=1S/C19H22F6O5.2C18H30.C14H22.2C11H14F6O4.C11H20O3.C10H20O3/c1-4-16(2,3)14(27)29-12-8-5-10-9(12)6-11(26)17(10,7-8)15(28)30-13(18(20,21)22)19(23,24)25;2*1-9-13(2)14-10-15(17(3,4)5)12-16(11-14)18(6,7)8;1-6-11(2)12-7-9-13(10-8-12)14(3,4)5;2*1-4-9(2,3)8(19)20-5-6(18)21-7(10(12,13)14)11(15,16)17;1-4-11(2,3)10(12)14-9-7-5-6-8-13-9;1-6-10(4,5)9(11)13-8(3)12-7-2/h8-10,12-13H,4-7H2,1-3H3;2*10-13H,9H2,1-8H3;7-11H,6H2,1-5H3;2*7H,4-5H2,1-3H3;9H,4-8H2,1-3H3;8H,6-7H2,1-5H3. The van der Waals surface area contributed by atoms with Crippen molar-refractivity contribution in [3.05, 3.63) is 105 Å². The Morgan fingerprint density at radius 1 is 0.369 bits per heavy atom. The van der Waals surface area contributed by atoms with E-state index in [0.29, 0.717) is 50.2 Å². The van der Waals surface area contributed by atoms with Crippen LogP contribution in [0.3, 0.4) is 0 Å². The van der Waals surface area contributed by atoms with Crippen LogP contribution in [0.2, 0.25) is 0 Å². The average Bonchev–Trinajstić information content (AvgIpc) is 1.52. The highest BCUT2D eigenvalue weighted by molar-refractivity contribution is 6.07. The molecule has 10 atom stereocenters. The number of carbonyl (C=O) groups excluding carboxylic acids is 9. The molecule has 0 aromatic heterocycles. The zero-order valence-corrected chi connectivity index (χ0v) is 95.0. The Morgan fingerprint density at radius 2 is 0.671 bits per heavy atom. The highest BCUT2D eigenvalue weighted by Crippen LogP contribution is 2.67. The Labute approximate surface area is 872 Å². The third kappa shape index (κ3) is 45.0. The summed E-state index contributed by atoms with van der Waals surface area (Å²) in [5.74, 6) is -9.05. The fourth-order valence-corrected chi connectivity index (χ4v) is 14.5. The molecule has 0 radical (unpaired) electrons. The number of carbonyl (C=O) groups is 9. The molecule has 19 nitrogen and oxygen atoms in total. The van der Waals surface area contributed by atoms with E-state index in [4.69, 9.17) is 23.7 Å². The Balaban J connectivity index is 0.00000170. The van der Waals surface area contributed by atoms with Gasteiger partial charge in [0.05, 0.1) is 33.7 Å². The summed E-state index contributed by atoms with van der Waals surface area (Å²) in [5, 5.41) is 0. The molecule has 1 aliphatic heterocycles. The summed E-state index contributed by atoms with van der Waals surface area (Å²) in [5.41, 5.74) is 7.24. The van der Waals surface area contributed by atoms with E-state index in [-0.39, 0.29) is 70.0 Å². The number of benzene rings is 3. The van der Waals surface area contributed by atoms with Gasteiger partial charge in [0, 0.05) is 25.4 Å². The van der Waals surface area contributed by atoms with Gasteiger partial charge in [-0.05, 0) is 261 Å². The molecular formula is C112H172F18O19. The zero-order valence-electron chi connectivity index (χ0n) is 95.0. The van der Waals surface area contributed by atoms with Gasteiger partial charge in [-0.25, -0.2) is 9.59 Å². The first-order valence-electron chi connectivity index (χ1n) is 51.2. The fraction of sp³-hybridized carbons (Fsp3) is 0.759. The van der Waals surface area contributed by atoms with Crippen LogP contribution >= 0.6 is 0 Å². The molecule has 0 N–H and O–H groups in total. The summed E-state index contributed by atoms with van der Waals surface area (Å²) in [6, 6.07) is 23.5. The minimum atomic E-state index is -5.85. The van der Waals surface area contributed by atoms with Crippen molar-refractivity contribution in [2.24, 2.45) is 50.2 Å². The van der Waals surface area contributed by atoms with Crippen LogP contribution in [-0.4, -0.2) is 154 Å². The van der Waals surface area contributed by atoms with Gasteiger partial charge in [-0.3, -0.25) is 33.6 Å². The SMILES string of the molecule is CCC(C)(C)C(=O)OC1C2CC3C1CC(=O)C3(C(=O)OC(C(F)(F)F)C(F)(F)F)C2.CCC(C)(C)C(=O)OC1CCCCO1.CCC(C)(C)C(=O)OCC(=O)OC(C(F)(F)F)C(F)(F)F.CCC(C)(C)C(=O)OCC(=O)OC(C(F)(F)F)C(F)(F)F.CCC(C)c1cc(C(C)(C)C)cc(C(C)(C)C)c1.CCC(C)c1cc(C(C)(C)C)cc(C(C)(C)C)c1.CCC(C)c1ccc(C(C)(C)C)cc1.CCOC(C)OC(=O)C(C)(C)CC. The monoisotopic (exact) mass is 2160 g/mol. The van der Waals surface area contributed by atoms with Crippen LogP contribution in [0.4, 0.5) is 79.0 Å². The van der Waals surface area contributed by atoms with Crippen LogP contribution < -0.4 is 0 Å². The number of hydrogen-bond donors (Lipinski definition) is 0. The summed E-state index contributed by atoms with van der Waals surface area (Å²) < 4.78 is 268. The Bertz CT molecular complexity index is 4430. The molecule has 10 unspecified atom stereocenters. The molecule has 3 saturated carbocycles.